The highest BCUT2D eigenvalue weighted by Gasteiger charge is 2.31. The predicted molar refractivity (Wildman–Crippen MR) is 127 cm³/mol. The van der Waals surface area contributed by atoms with Crippen molar-refractivity contribution >= 4 is 11.9 Å². The molecule has 3 heterocycles. The van der Waals surface area contributed by atoms with E-state index in [1.807, 2.05) is 53.4 Å². The van der Waals surface area contributed by atoms with E-state index in [1.54, 1.807) is 18.5 Å². The van der Waals surface area contributed by atoms with Gasteiger partial charge in [0.1, 0.15) is 0 Å². The molecule has 1 fully saturated rings. The molecule has 5 rings (SSSR count). The zero-order valence-corrected chi connectivity index (χ0v) is 19.3. The molecule has 0 radical (unpaired) electrons. The molecule has 0 bridgehead atoms. The summed E-state index contributed by atoms with van der Waals surface area (Å²) in [5, 5.41) is 8.36. The smallest absolute Gasteiger partial charge is 0.311 e. The maximum Gasteiger partial charge on any atom is 0.311 e. The van der Waals surface area contributed by atoms with Crippen LogP contribution < -0.4 is 0 Å². The molecule has 178 valence electrons. The van der Waals surface area contributed by atoms with Crippen molar-refractivity contribution in [1.29, 1.82) is 0 Å². The number of amides is 1. The van der Waals surface area contributed by atoms with E-state index in [1.165, 1.54) is 11.9 Å². The molecular weight excluding hydrogens is 446 g/mol. The molecule has 0 unspecified atom stereocenters. The second kappa shape index (κ2) is 9.92. The number of methoxy groups -OCH3 is 1. The minimum atomic E-state index is -0.383. The van der Waals surface area contributed by atoms with Crippen LogP contribution in [-0.2, 0) is 16.0 Å². The van der Waals surface area contributed by atoms with Crippen molar-refractivity contribution in [2.75, 3.05) is 20.2 Å². The Kier molecular flexibility index (Phi) is 6.38. The van der Waals surface area contributed by atoms with E-state index in [2.05, 4.69) is 10.2 Å². The number of hydrogen-bond donors (Lipinski definition) is 0. The fraction of sp³-hybridized carbons (Fsp3) is 0.269. The van der Waals surface area contributed by atoms with Crippen LogP contribution in [0.4, 0.5) is 0 Å². The lowest BCUT2D eigenvalue weighted by atomic mass is 9.97. The Balaban J connectivity index is 1.42. The molecule has 1 aliphatic rings. The highest BCUT2D eigenvalue weighted by molar-refractivity contribution is 5.97. The molecule has 1 amide bonds. The number of piperidine rings is 1. The molecule has 1 saturated heterocycles. The van der Waals surface area contributed by atoms with E-state index < -0.39 is 0 Å². The molecule has 9 nitrogen and oxygen atoms in total. The summed E-state index contributed by atoms with van der Waals surface area (Å²) in [6.07, 6.45) is 4.82. The van der Waals surface area contributed by atoms with Crippen LogP contribution in [0.5, 0.6) is 0 Å². The SMILES string of the molecule is COC(=O)Cc1nc([C@@H]2CCCN(C(=O)c3ccccc3-n3nccn3)C2)oc1-c1ccccc1. The predicted octanol–water partition coefficient (Wildman–Crippen LogP) is 3.66. The molecule has 0 spiro atoms. The van der Waals surface area contributed by atoms with E-state index >= 15 is 0 Å². The highest BCUT2D eigenvalue weighted by atomic mass is 16.5. The summed E-state index contributed by atoms with van der Waals surface area (Å²) in [7, 11) is 1.35. The number of nitrogens with zero attached hydrogens (tertiary/aromatic N) is 5. The van der Waals surface area contributed by atoms with Crippen LogP contribution in [0.25, 0.3) is 17.0 Å². The first-order valence-electron chi connectivity index (χ1n) is 11.5. The standard InChI is InChI=1S/C26H25N5O4/c1-34-23(32)16-21-24(18-8-3-2-4-9-18)35-25(29-21)19-10-7-15-30(17-19)26(33)20-11-5-6-12-22(20)31-27-13-14-28-31/h2-6,8-9,11-14,19H,7,10,15-17H2,1H3/t19-/m1/s1. The molecule has 35 heavy (non-hydrogen) atoms. The molecule has 4 aromatic rings. The number of aromatic nitrogens is 4. The zero-order chi connectivity index (χ0) is 24.2. The number of carbonyl (C=O) groups is 2. The fourth-order valence-corrected chi connectivity index (χ4v) is 4.39. The molecule has 2 aromatic heterocycles. The van der Waals surface area contributed by atoms with Crippen molar-refractivity contribution in [2.24, 2.45) is 0 Å². The van der Waals surface area contributed by atoms with E-state index in [0.29, 0.717) is 41.7 Å². The van der Waals surface area contributed by atoms with Gasteiger partial charge in [-0.15, -0.1) is 0 Å². The van der Waals surface area contributed by atoms with Gasteiger partial charge in [0.05, 0.1) is 48.8 Å². The number of carbonyl (C=O) groups excluding carboxylic acids is 2. The Hall–Kier alpha value is -4.27. The van der Waals surface area contributed by atoms with Crippen LogP contribution >= 0.6 is 0 Å². The summed E-state index contributed by atoms with van der Waals surface area (Å²) >= 11 is 0. The average Bonchev–Trinajstić information content (AvgIpc) is 3.59. The lowest BCUT2D eigenvalue weighted by molar-refractivity contribution is -0.139. The average molecular weight is 472 g/mol. The monoisotopic (exact) mass is 471 g/mol. The Labute approximate surface area is 202 Å². The van der Waals surface area contributed by atoms with Gasteiger partial charge in [0.15, 0.2) is 11.7 Å². The quantitative estimate of drug-likeness (QED) is 0.395. The maximum absolute atomic E-state index is 13.5. The number of para-hydroxylation sites is 1. The first kappa shape index (κ1) is 22.5. The summed E-state index contributed by atoms with van der Waals surface area (Å²) in [6.45, 7) is 1.10. The van der Waals surface area contributed by atoms with Crippen molar-refractivity contribution in [1.82, 2.24) is 24.9 Å². The molecule has 1 atom stereocenters. The second-order valence-corrected chi connectivity index (χ2v) is 8.37. The van der Waals surface area contributed by atoms with Gasteiger partial charge in [0.2, 0.25) is 0 Å². The first-order chi connectivity index (χ1) is 17.1. The number of likely N-dealkylation sites (tertiary alicyclic amines) is 1. The normalized spacial score (nSPS) is 15.7. The van der Waals surface area contributed by atoms with Crippen LogP contribution in [0.1, 0.15) is 40.7 Å². The van der Waals surface area contributed by atoms with Crippen molar-refractivity contribution in [3.05, 3.63) is 84.1 Å². The summed E-state index contributed by atoms with van der Waals surface area (Å²) in [4.78, 5) is 33.5. The third-order valence-corrected chi connectivity index (χ3v) is 6.12. The molecular formula is C26H25N5O4. The topological polar surface area (TPSA) is 103 Å². The maximum atomic E-state index is 13.5. The molecule has 9 heteroatoms. The summed E-state index contributed by atoms with van der Waals surface area (Å²) in [5.41, 5.74) is 2.55. The summed E-state index contributed by atoms with van der Waals surface area (Å²) in [6, 6.07) is 16.9. The van der Waals surface area contributed by atoms with Gasteiger partial charge in [-0.05, 0) is 25.0 Å². The minimum Gasteiger partial charge on any atom is -0.469 e. The van der Waals surface area contributed by atoms with Crippen molar-refractivity contribution in [3.8, 4) is 17.0 Å². The number of benzene rings is 2. The van der Waals surface area contributed by atoms with Gasteiger partial charge < -0.3 is 14.1 Å². The lowest BCUT2D eigenvalue weighted by Crippen LogP contribution is -2.39. The Morgan fingerprint density at radius 1 is 1.06 bits per heavy atom. The van der Waals surface area contributed by atoms with E-state index in [9.17, 15) is 9.59 Å². The molecule has 2 aromatic carbocycles. The van der Waals surface area contributed by atoms with Gasteiger partial charge in [0, 0.05) is 18.7 Å². The second-order valence-electron chi connectivity index (χ2n) is 8.37. The largest absolute Gasteiger partial charge is 0.469 e. The van der Waals surface area contributed by atoms with E-state index in [4.69, 9.17) is 14.1 Å². The molecule has 0 N–H and O–H groups in total. The Bertz CT molecular complexity index is 1320. The van der Waals surface area contributed by atoms with E-state index in [0.717, 1.165) is 18.4 Å². The summed E-state index contributed by atoms with van der Waals surface area (Å²) < 4.78 is 11.1. The van der Waals surface area contributed by atoms with Gasteiger partial charge in [-0.1, -0.05) is 42.5 Å². The number of rotatable bonds is 6. The van der Waals surface area contributed by atoms with Gasteiger partial charge >= 0.3 is 5.97 Å². The minimum absolute atomic E-state index is 0.0177. The summed E-state index contributed by atoms with van der Waals surface area (Å²) in [5.74, 6) is 0.530. The molecule has 1 aliphatic heterocycles. The van der Waals surface area contributed by atoms with Crippen LogP contribution in [0.15, 0.2) is 71.4 Å². The Morgan fingerprint density at radius 2 is 1.80 bits per heavy atom. The van der Waals surface area contributed by atoms with Gasteiger partial charge in [-0.3, -0.25) is 9.59 Å². The van der Waals surface area contributed by atoms with Crippen molar-refractivity contribution in [3.63, 3.8) is 0 Å². The van der Waals surface area contributed by atoms with E-state index in [-0.39, 0.29) is 24.2 Å². The van der Waals surface area contributed by atoms with Gasteiger partial charge in [-0.25, -0.2) is 4.98 Å². The molecule has 0 aliphatic carbocycles. The first-order valence-corrected chi connectivity index (χ1v) is 11.5. The van der Waals surface area contributed by atoms with Crippen LogP contribution in [0.2, 0.25) is 0 Å². The van der Waals surface area contributed by atoms with Crippen molar-refractivity contribution < 1.29 is 18.7 Å². The van der Waals surface area contributed by atoms with Crippen LogP contribution in [0, 0.1) is 0 Å². The third kappa shape index (κ3) is 4.70. The third-order valence-electron chi connectivity index (χ3n) is 6.12. The van der Waals surface area contributed by atoms with Gasteiger partial charge in [0.25, 0.3) is 5.91 Å². The molecule has 0 saturated carbocycles. The zero-order valence-electron chi connectivity index (χ0n) is 19.3. The fourth-order valence-electron chi connectivity index (χ4n) is 4.39. The van der Waals surface area contributed by atoms with Crippen LogP contribution in [-0.4, -0.2) is 57.0 Å². The van der Waals surface area contributed by atoms with Crippen molar-refractivity contribution in [2.45, 2.75) is 25.2 Å². The highest BCUT2D eigenvalue weighted by Crippen LogP contribution is 2.33. The van der Waals surface area contributed by atoms with Crippen LogP contribution in [0.3, 0.4) is 0 Å². The van der Waals surface area contributed by atoms with Gasteiger partial charge in [-0.2, -0.15) is 15.0 Å². The number of oxazole rings is 1. The lowest BCUT2D eigenvalue weighted by Gasteiger charge is -2.31. The Morgan fingerprint density at radius 3 is 2.57 bits per heavy atom. The number of hydrogen-bond acceptors (Lipinski definition) is 7. The number of esters is 1. The number of ether oxygens (including phenoxy) is 1.